The molecule has 0 spiro atoms. The standard InChI is InChI=1S/C24H24N2O5S/c1-16-11-12-21(20(15-16)31-3)32(29,30)25-23(28)24(2)13-14-26(24)22(27)19-10-6-8-17-7-4-5-9-18(17)19/h4-12,15H,13-14H2,1-3H3,(H,25,28). The van der Waals surface area contributed by atoms with Gasteiger partial charge < -0.3 is 9.64 Å². The average molecular weight is 453 g/mol. The Hall–Kier alpha value is -3.39. The van der Waals surface area contributed by atoms with Crippen molar-refractivity contribution >= 4 is 32.6 Å². The van der Waals surface area contributed by atoms with Crippen LogP contribution in [0.4, 0.5) is 0 Å². The number of sulfonamides is 1. The minimum absolute atomic E-state index is 0.131. The second-order valence-electron chi connectivity index (χ2n) is 8.10. The zero-order valence-electron chi connectivity index (χ0n) is 18.1. The number of fused-ring (bicyclic) bond motifs is 1. The summed E-state index contributed by atoms with van der Waals surface area (Å²) in [4.78, 5) is 27.7. The van der Waals surface area contributed by atoms with Crippen LogP contribution in [0.2, 0.25) is 0 Å². The molecule has 166 valence electrons. The van der Waals surface area contributed by atoms with Gasteiger partial charge in [0.15, 0.2) is 0 Å². The lowest BCUT2D eigenvalue weighted by Gasteiger charge is -2.48. The summed E-state index contributed by atoms with van der Waals surface area (Å²) in [5, 5.41) is 1.70. The molecule has 32 heavy (non-hydrogen) atoms. The normalized spacial score (nSPS) is 18.2. The molecule has 1 atom stereocenters. The highest BCUT2D eigenvalue weighted by Gasteiger charge is 2.51. The molecule has 3 aromatic carbocycles. The molecule has 0 aromatic heterocycles. The molecule has 0 saturated carbocycles. The summed E-state index contributed by atoms with van der Waals surface area (Å²) in [5.41, 5.74) is 0.0220. The molecule has 4 rings (SSSR count). The van der Waals surface area contributed by atoms with Gasteiger partial charge in [-0.25, -0.2) is 13.1 Å². The molecule has 1 N–H and O–H groups in total. The summed E-state index contributed by atoms with van der Waals surface area (Å²) in [6.07, 6.45) is 0.357. The summed E-state index contributed by atoms with van der Waals surface area (Å²) in [6.45, 7) is 3.75. The van der Waals surface area contributed by atoms with Gasteiger partial charge in [-0.05, 0) is 54.8 Å². The number of methoxy groups -OCH3 is 1. The molecule has 3 aromatic rings. The lowest BCUT2D eigenvalue weighted by atomic mass is 9.84. The fraction of sp³-hybridized carbons (Fsp3) is 0.250. The maximum absolute atomic E-state index is 13.3. The van der Waals surface area contributed by atoms with Gasteiger partial charge in [-0.1, -0.05) is 42.5 Å². The van der Waals surface area contributed by atoms with Gasteiger partial charge in [0, 0.05) is 12.1 Å². The number of rotatable bonds is 5. The maximum atomic E-state index is 13.3. The Morgan fingerprint density at radius 2 is 1.78 bits per heavy atom. The first-order chi connectivity index (χ1) is 15.2. The highest BCUT2D eigenvalue weighted by Crippen LogP contribution is 2.34. The Bertz CT molecular complexity index is 1330. The van der Waals surface area contributed by atoms with Gasteiger partial charge in [-0.15, -0.1) is 0 Å². The largest absolute Gasteiger partial charge is 0.495 e. The Morgan fingerprint density at radius 3 is 2.47 bits per heavy atom. The van der Waals surface area contributed by atoms with Crippen molar-refractivity contribution in [2.24, 2.45) is 0 Å². The number of benzene rings is 3. The number of nitrogens with zero attached hydrogens (tertiary/aromatic N) is 1. The third-order valence-corrected chi connectivity index (χ3v) is 7.38. The van der Waals surface area contributed by atoms with E-state index in [1.807, 2.05) is 37.3 Å². The van der Waals surface area contributed by atoms with Gasteiger partial charge in [0.05, 0.1) is 7.11 Å². The van der Waals surface area contributed by atoms with E-state index >= 15 is 0 Å². The molecule has 2 amide bonds. The fourth-order valence-electron chi connectivity index (χ4n) is 3.96. The molecule has 8 heteroatoms. The molecule has 1 fully saturated rings. The second-order valence-corrected chi connectivity index (χ2v) is 9.75. The van der Waals surface area contributed by atoms with Gasteiger partial charge in [0.25, 0.3) is 21.8 Å². The van der Waals surface area contributed by atoms with Crippen molar-refractivity contribution < 1.29 is 22.7 Å². The van der Waals surface area contributed by atoms with E-state index in [4.69, 9.17) is 4.74 Å². The van der Waals surface area contributed by atoms with Crippen LogP contribution in [0.3, 0.4) is 0 Å². The molecule has 0 bridgehead atoms. The van der Waals surface area contributed by atoms with E-state index in [-0.39, 0.29) is 16.6 Å². The molecule has 1 aliphatic heterocycles. The fourth-order valence-corrected chi connectivity index (χ4v) is 5.19. The first-order valence-corrected chi connectivity index (χ1v) is 11.7. The van der Waals surface area contributed by atoms with E-state index in [2.05, 4.69) is 4.72 Å². The van der Waals surface area contributed by atoms with E-state index in [0.717, 1.165) is 16.3 Å². The van der Waals surface area contributed by atoms with E-state index in [9.17, 15) is 18.0 Å². The first kappa shape index (κ1) is 21.8. The number of nitrogens with one attached hydrogen (secondary N) is 1. The van der Waals surface area contributed by atoms with Gasteiger partial charge >= 0.3 is 0 Å². The Kier molecular flexibility index (Phi) is 5.42. The first-order valence-electron chi connectivity index (χ1n) is 10.2. The molecule has 0 aliphatic carbocycles. The van der Waals surface area contributed by atoms with Gasteiger partial charge in [-0.2, -0.15) is 0 Å². The quantitative estimate of drug-likeness (QED) is 0.641. The predicted octanol–water partition coefficient (Wildman–Crippen LogP) is 3.27. The van der Waals surface area contributed by atoms with E-state index < -0.39 is 21.5 Å². The minimum Gasteiger partial charge on any atom is -0.495 e. The van der Waals surface area contributed by atoms with Crippen LogP contribution in [-0.4, -0.2) is 44.3 Å². The number of hydrogen-bond acceptors (Lipinski definition) is 5. The minimum atomic E-state index is -4.19. The van der Waals surface area contributed by atoms with Crippen LogP contribution in [0.1, 0.15) is 29.3 Å². The van der Waals surface area contributed by atoms with Crippen LogP contribution in [0.25, 0.3) is 10.8 Å². The summed E-state index contributed by atoms with van der Waals surface area (Å²) >= 11 is 0. The summed E-state index contributed by atoms with van der Waals surface area (Å²) in [5.74, 6) is -0.913. The van der Waals surface area contributed by atoms with Gasteiger partial charge in [0.2, 0.25) is 0 Å². The molecular weight excluding hydrogens is 428 g/mol. The number of ether oxygens (including phenoxy) is 1. The van der Waals surface area contributed by atoms with Crippen LogP contribution in [0.15, 0.2) is 65.6 Å². The summed E-state index contributed by atoms with van der Waals surface area (Å²) < 4.78 is 33.2. The van der Waals surface area contributed by atoms with Gasteiger partial charge in [0.1, 0.15) is 16.2 Å². The monoisotopic (exact) mass is 452 g/mol. The van der Waals surface area contributed by atoms with Crippen molar-refractivity contribution in [2.75, 3.05) is 13.7 Å². The predicted molar refractivity (Wildman–Crippen MR) is 121 cm³/mol. The SMILES string of the molecule is COc1cc(C)ccc1S(=O)(=O)NC(=O)C1(C)CCN1C(=O)c1cccc2ccccc12. The summed E-state index contributed by atoms with van der Waals surface area (Å²) in [6, 6.07) is 17.5. The lowest BCUT2D eigenvalue weighted by Crippen LogP contribution is -2.67. The number of likely N-dealkylation sites (tertiary alicyclic amines) is 1. The van der Waals surface area contributed by atoms with E-state index in [1.54, 1.807) is 31.2 Å². The van der Waals surface area contributed by atoms with Crippen molar-refractivity contribution in [1.82, 2.24) is 9.62 Å². The average Bonchev–Trinajstić information content (AvgIpc) is 2.76. The highest BCUT2D eigenvalue weighted by atomic mass is 32.2. The number of carbonyl (C=O) groups excluding carboxylic acids is 2. The third-order valence-electron chi connectivity index (χ3n) is 6.01. The molecule has 1 heterocycles. The zero-order valence-corrected chi connectivity index (χ0v) is 18.9. The number of hydrogen-bond donors (Lipinski definition) is 1. The van der Waals surface area contributed by atoms with Crippen LogP contribution in [0, 0.1) is 6.92 Å². The van der Waals surface area contributed by atoms with E-state index in [0.29, 0.717) is 18.5 Å². The number of aryl methyl sites for hydroxylation is 1. The van der Waals surface area contributed by atoms with Crippen LogP contribution >= 0.6 is 0 Å². The molecule has 7 nitrogen and oxygen atoms in total. The van der Waals surface area contributed by atoms with Crippen LogP contribution < -0.4 is 9.46 Å². The van der Waals surface area contributed by atoms with Gasteiger partial charge in [-0.3, -0.25) is 9.59 Å². The smallest absolute Gasteiger partial charge is 0.267 e. The number of amides is 2. The molecular formula is C24H24N2O5S. The number of carbonyl (C=O) groups is 2. The van der Waals surface area contributed by atoms with Crippen LogP contribution in [0.5, 0.6) is 5.75 Å². The van der Waals surface area contributed by atoms with Crippen molar-refractivity contribution in [3.05, 3.63) is 71.8 Å². The topological polar surface area (TPSA) is 92.8 Å². The molecule has 1 unspecified atom stereocenters. The lowest BCUT2D eigenvalue weighted by molar-refractivity contribution is -0.135. The van der Waals surface area contributed by atoms with Crippen molar-refractivity contribution in [3.63, 3.8) is 0 Å². The molecule has 1 saturated heterocycles. The van der Waals surface area contributed by atoms with Crippen molar-refractivity contribution in [2.45, 2.75) is 30.7 Å². The Balaban J connectivity index is 1.61. The Labute approximate surface area is 187 Å². The maximum Gasteiger partial charge on any atom is 0.267 e. The summed E-state index contributed by atoms with van der Waals surface area (Å²) in [7, 11) is -2.82. The zero-order chi connectivity index (χ0) is 23.1. The van der Waals surface area contributed by atoms with E-state index in [1.165, 1.54) is 18.1 Å². The highest BCUT2D eigenvalue weighted by molar-refractivity contribution is 7.90. The van der Waals surface area contributed by atoms with Crippen LogP contribution in [-0.2, 0) is 14.8 Å². The van der Waals surface area contributed by atoms with Crippen molar-refractivity contribution in [3.8, 4) is 5.75 Å². The Morgan fingerprint density at radius 1 is 1.06 bits per heavy atom. The van der Waals surface area contributed by atoms with Crippen molar-refractivity contribution in [1.29, 1.82) is 0 Å². The molecule has 1 aliphatic rings. The third kappa shape index (κ3) is 3.60. The second kappa shape index (κ2) is 7.94. The molecule has 0 radical (unpaired) electrons.